The second kappa shape index (κ2) is 10.5. The van der Waals surface area contributed by atoms with E-state index in [1.807, 2.05) is 6.07 Å². The molecule has 1 unspecified atom stereocenters. The SMILES string of the molecule is CCC1CCC(c2ccc(C3CCC(COc4ccc(C5CO5)c(F)c4F)CC3)c(F)c2F)CC1. The zero-order valence-corrected chi connectivity index (χ0v) is 20.3. The second-order valence-electron chi connectivity index (χ2n) is 10.6. The number of hydrogen-bond donors (Lipinski definition) is 0. The molecule has 3 aliphatic rings. The Hall–Kier alpha value is -2.08. The molecule has 6 heteroatoms. The van der Waals surface area contributed by atoms with E-state index in [0.717, 1.165) is 57.8 Å². The molecule has 0 aromatic heterocycles. The van der Waals surface area contributed by atoms with E-state index in [4.69, 9.17) is 9.47 Å². The lowest BCUT2D eigenvalue weighted by Crippen LogP contribution is -2.21. The lowest BCUT2D eigenvalue weighted by atomic mass is 9.76. The molecule has 1 atom stereocenters. The molecule has 2 aromatic rings. The summed E-state index contributed by atoms with van der Waals surface area (Å²) in [4.78, 5) is 0. The molecule has 0 N–H and O–H groups in total. The molecule has 2 nitrogen and oxygen atoms in total. The van der Waals surface area contributed by atoms with Gasteiger partial charge in [0.2, 0.25) is 5.82 Å². The number of benzene rings is 2. The predicted octanol–water partition coefficient (Wildman–Crippen LogP) is 8.35. The minimum Gasteiger partial charge on any atom is -0.490 e. The van der Waals surface area contributed by atoms with Gasteiger partial charge in [-0.1, -0.05) is 25.5 Å². The fraction of sp³-hybridized carbons (Fsp3) is 0.586. The molecule has 5 rings (SSSR count). The van der Waals surface area contributed by atoms with Crippen molar-refractivity contribution in [2.24, 2.45) is 11.8 Å². The number of epoxide rings is 1. The van der Waals surface area contributed by atoms with Crippen LogP contribution in [0, 0.1) is 35.1 Å². The van der Waals surface area contributed by atoms with E-state index in [2.05, 4.69) is 6.92 Å². The first-order valence-corrected chi connectivity index (χ1v) is 13.2. The van der Waals surface area contributed by atoms with E-state index in [0.29, 0.717) is 23.7 Å². The molecule has 2 aromatic carbocycles. The van der Waals surface area contributed by atoms with Crippen LogP contribution in [-0.2, 0) is 4.74 Å². The van der Waals surface area contributed by atoms with Crippen LogP contribution in [-0.4, -0.2) is 13.2 Å². The minimum absolute atomic E-state index is 0.0300. The van der Waals surface area contributed by atoms with Crippen molar-refractivity contribution in [3.8, 4) is 5.75 Å². The summed E-state index contributed by atoms with van der Waals surface area (Å²) in [6.07, 6.45) is 7.83. The van der Waals surface area contributed by atoms with Crippen molar-refractivity contribution in [3.05, 3.63) is 64.2 Å². The average molecular weight is 491 g/mol. The number of hydrogen-bond acceptors (Lipinski definition) is 2. The Morgan fingerprint density at radius 2 is 1.17 bits per heavy atom. The van der Waals surface area contributed by atoms with Crippen LogP contribution in [0.3, 0.4) is 0 Å². The molecule has 2 saturated carbocycles. The third-order valence-corrected chi connectivity index (χ3v) is 8.52. The van der Waals surface area contributed by atoms with E-state index in [9.17, 15) is 8.78 Å². The third kappa shape index (κ3) is 5.23. The Bertz CT molecular complexity index is 1040. The van der Waals surface area contributed by atoms with Crippen molar-refractivity contribution in [2.75, 3.05) is 13.2 Å². The lowest BCUT2D eigenvalue weighted by Gasteiger charge is -2.31. The van der Waals surface area contributed by atoms with Crippen molar-refractivity contribution in [3.63, 3.8) is 0 Å². The van der Waals surface area contributed by atoms with Crippen LogP contribution in [0.25, 0.3) is 0 Å². The molecule has 0 amide bonds. The summed E-state index contributed by atoms with van der Waals surface area (Å²) in [7, 11) is 0. The Labute approximate surface area is 205 Å². The molecule has 2 aliphatic carbocycles. The molecular weight excluding hydrogens is 456 g/mol. The van der Waals surface area contributed by atoms with Crippen molar-refractivity contribution in [2.45, 2.75) is 82.7 Å². The summed E-state index contributed by atoms with van der Waals surface area (Å²) in [5.41, 5.74) is 1.24. The molecule has 35 heavy (non-hydrogen) atoms. The van der Waals surface area contributed by atoms with Crippen molar-refractivity contribution in [1.29, 1.82) is 0 Å². The van der Waals surface area contributed by atoms with E-state index in [1.165, 1.54) is 12.1 Å². The quantitative estimate of drug-likeness (QED) is 0.287. The molecule has 0 radical (unpaired) electrons. The highest BCUT2D eigenvalue weighted by atomic mass is 19.2. The maximum atomic E-state index is 15.1. The van der Waals surface area contributed by atoms with Crippen molar-refractivity contribution >= 4 is 0 Å². The normalized spacial score (nSPS) is 28.7. The van der Waals surface area contributed by atoms with E-state index in [-0.39, 0.29) is 41.8 Å². The Kier molecular flexibility index (Phi) is 7.38. The second-order valence-corrected chi connectivity index (χ2v) is 10.6. The maximum Gasteiger partial charge on any atom is 0.200 e. The van der Waals surface area contributed by atoms with Gasteiger partial charge >= 0.3 is 0 Å². The van der Waals surface area contributed by atoms with Crippen LogP contribution in [0.5, 0.6) is 5.75 Å². The summed E-state index contributed by atoms with van der Waals surface area (Å²) in [5.74, 6) is -2.36. The van der Waals surface area contributed by atoms with Crippen LogP contribution >= 0.6 is 0 Å². The van der Waals surface area contributed by atoms with Gasteiger partial charge in [0, 0.05) is 5.56 Å². The summed E-state index contributed by atoms with van der Waals surface area (Å²) in [6, 6.07) is 6.58. The van der Waals surface area contributed by atoms with Crippen LogP contribution in [0.15, 0.2) is 24.3 Å². The van der Waals surface area contributed by atoms with Gasteiger partial charge in [0.15, 0.2) is 23.2 Å². The van der Waals surface area contributed by atoms with Crippen LogP contribution in [0.4, 0.5) is 17.6 Å². The highest BCUT2D eigenvalue weighted by Crippen LogP contribution is 2.42. The first-order valence-electron chi connectivity index (χ1n) is 13.2. The molecule has 1 aliphatic heterocycles. The Balaban J connectivity index is 1.16. The fourth-order valence-electron chi connectivity index (χ4n) is 6.07. The number of ether oxygens (including phenoxy) is 2. The Morgan fingerprint density at radius 1 is 0.686 bits per heavy atom. The maximum absolute atomic E-state index is 15.1. The number of rotatable bonds is 7. The smallest absolute Gasteiger partial charge is 0.200 e. The first kappa shape index (κ1) is 24.6. The predicted molar refractivity (Wildman–Crippen MR) is 127 cm³/mol. The molecule has 1 saturated heterocycles. The fourth-order valence-corrected chi connectivity index (χ4v) is 6.07. The van der Waals surface area contributed by atoms with Gasteiger partial charge in [-0.3, -0.25) is 0 Å². The van der Waals surface area contributed by atoms with Gasteiger partial charge < -0.3 is 9.47 Å². The third-order valence-electron chi connectivity index (χ3n) is 8.52. The molecule has 190 valence electrons. The van der Waals surface area contributed by atoms with Crippen LogP contribution < -0.4 is 4.74 Å². The lowest BCUT2D eigenvalue weighted by molar-refractivity contribution is 0.191. The van der Waals surface area contributed by atoms with Gasteiger partial charge in [0.05, 0.1) is 13.2 Å². The molecular formula is C29H34F4O2. The summed E-state index contributed by atoms with van der Waals surface area (Å²) < 4.78 is 69.3. The van der Waals surface area contributed by atoms with Crippen LogP contribution in [0.2, 0.25) is 0 Å². The van der Waals surface area contributed by atoms with Gasteiger partial charge in [0.25, 0.3) is 0 Å². The van der Waals surface area contributed by atoms with Crippen molar-refractivity contribution in [1.82, 2.24) is 0 Å². The van der Waals surface area contributed by atoms with Gasteiger partial charge in [0.1, 0.15) is 6.10 Å². The highest BCUT2D eigenvalue weighted by molar-refractivity contribution is 5.34. The Morgan fingerprint density at radius 3 is 1.69 bits per heavy atom. The average Bonchev–Trinajstić information content (AvgIpc) is 3.72. The zero-order valence-electron chi connectivity index (χ0n) is 20.3. The molecule has 0 spiro atoms. The van der Waals surface area contributed by atoms with Crippen LogP contribution in [0.1, 0.15) is 99.3 Å². The monoisotopic (exact) mass is 490 g/mol. The van der Waals surface area contributed by atoms with Gasteiger partial charge in [-0.2, -0.15) is 4.39 Å². The van der Waals surface area contributed by atoms with Gasteiger partial charge in [-0.25, -0.2) is 13.2 Å². The van der Waals surface area contributed by atoms with E-state index in [1.54, 1.807) is 6.07 Å². The first-order chi connectivity index (χ1) is 17.0. The summed E-state index contributed by atoms with van der Waals surface area (Å²) >= 11 is 0. The molecule has 1 heterocycles. The number of halogens is 4. The molecule has 0 bridgehead atoms. The summed E-state index contributed by atoms with van der Waals surface area (Å²) in [5, 5.41) is 0. The standard InChI is InChI=1S/C29H34F4O2/c1-2-17-3-7-19(8-4-17)21-11-12-22(27(31)26(21)30)20-9-5-18(6-10-20)15-34-24-14-13-23(25-16-35-25)28(32)29(24)33/h11-14,17-20,25H,2-10,15-16H2,1H3. The van der Waals surface area contributed by atoms with Crippen molar-refractivity contribution < 1.29 is 27.0 Å². The van der Waals surface area contributed by atoms with Gasteiger partial charge in [-0.05, 0) is 98.3 Å². The topological polar surface area (TPSA) is 21.8 Å². The molecule has 3 fully saturated rings. The summed E-state index contributed by atoms with van der Waals surface area (Å²) in [6.45, 7) is 2.88. The van der Waals surface area contributed by atoms with E-state index >= 15 is 8.78 Å². The van der Waals surface area contributed by atoms with Gasteiger partial charge in [-0.15, -0.1) is 0 Å². The minimum atomic E-state index is -0.979. The highest BCUT2D eigenvalue weighted by Gasteiger charge is 2.32. The zero-order chi connectivity index (χ0) is 24.5. The largest absolute Gasteiger partial charge is 0.490 e. The van der Waals surface area contributed by atoms with E-state index < -0.39 is 23.3 Å².